The van der Waals surface area contributed by atoms with Crippen LogP contribution in [0.4, 0.5) is 0 Å². The summed E-state index contributed by atoms with van der Waals surface area (Å²) in [4.78, 5) is 0. The van der Waals surface area contributed by atoms with Crippen LogP contribution in [0.2, 0.25) is 0 Å². The molecule has 0 radical (unpaired) electrons. The summed E-state index contributed by atoms with van der Waals surface area (Å²) in [6.07, 6.45) is 0. The normalized spacial score (nSPS) is 13.5. The van der Waals surface area contributed by atoms with Gasteiger partial charge in [0.15, 0.2) is 5.11 Å². The molecule has 3 aromatic rings. The molecule has 6 nitrogen and oxygen atoms in total. The second-order valence-corrected chi connectivity index (χ2v) is 16.2. The molecule has 228 valence electrons. The van der Waals surface area contributed by atoms with Gasteiger partial charge in [-0.05, 0) is 103 Å². The van der Waals surface area contributed by atoms with Crippen molar-refractivity contribution in [2.45, 2.75) is 60.5 Å². The lowest BCUT2D eigenvalue weighted by atomic mass is 9.86. The minimum Gasteiger partial charge on any atom is -0.497 e. The summed E-state index contributed by atoms with van der Waals surface area (Å²) in [6.45, 7) is 16.0. The van der Waals surface area contributed by atoms with Gasteiger partial charge in [0.2, 0.25) is 0 Å². The maximum atomic E-state index is 5.82. The van der Waals surface area contributed by atoms with Gasteiger partial charge in [-0.2, -0.15) is 0 Å². The van der Waals surface area contributed by atoms with Crippen molar-refractivity contribution in [3.05, 3.63) is 72.8 Å². The van der Waals surface area contributed by atoms with Gasteiger partial charge in [0.1, 0.15) is 17.2 Å². The third-order valence-corrected chi connectivity index (χ3v) is 11.8. The van der Waals surface area contributed by atoms with E-state index in [-0.39, 0.29) is 22.9 Å². The Balaban J connectivity index is 2.23. The monoisotopic (exact) mass is 609 g/mol. The fraction of sp³-hybridized carbons (Fsp3) is 0.441. The molecule has 0 unspecified atom stereocenters. The molecule has 3 aromatic carbocycles. The van der Waals surface area contributed by atoms with Crippen molar-refractivity contribution in [2.75, 3.05) is 27.9 Å². The van der Waals surface area contributed by atoms with E-state index in [1.165, 1.54) is 0 Å². The van der Waals surface area contributed by atoms with Crippen LogP contribution in [-0.2, 0) is 0 Å². The molecule has 0 bridgehead atoms. The topological polar surface area (TPSA) is 64.1 Å². The van der Waals surface area contributed by atoms with Crippen molar-refractivity contribution in [1.29, 1.82) is 0 Å². The molecule has 8 heteroatoms. The number of thiocarbonyl (C=S) groups is 1. The standard InChI is InChI=1S/C34H48N3O3PS/c1-24(33(2,3)4)36-32(42)37-31(34(5,6)7)23-35-41(28-17-11-25(38-8)12-18-28,29-19-13-26(39-9)14-20-29)30-21-15-27(40-10)16-22-30/h11-22,24,31H,23H2,1-10H3,(H2,36,37,42)/t24-,31-/m1/s1. The highest BCUT2D eigenvalue weighted by Gasteiger charge is 2.31. The Bertz CT molecular complexity index is 1240. The van der Waals surface area contributed by atoms with Crippen molar-refractivity contribution in [1.82, 2.24) is 10.6 Å². The lowest BCUT2D eigenvalue weighted by Gasteiger charge is -2.35. The van der Waals surface area contributed by atoms with Crippen LogP contribution in [-0.4, -0.2) is 45.1 Å². The van der Waals surface area contributed by atoms with Crippen LogP contribution in [0.1, 0.15) is 48.5 Å². The number of hydrogen-bond donors (Lipinski definition) is 2. The average Bonchev–Trinajstić information content (AvgIpc) is 2.96. The molecule has 0 aliphatic rings. The average molecular weight is 610 g/mol. The molecule has 0 aromatic heterocycles. The van der Waals surface area contributed by atoms with Gasteiger partial charge >= 0.3 is 0 Å². The Morgan fingerprint density at radius 1 is 0.667 bits per heavy atom. The first-order valence-corrected chi connectivity index (χ1v) is 16.5. The van der Waals surface area contributed by atoms with Crippen LogP contribution in [0.25, 0.3) is 0 Å². The van der Waals surface area contributed by atoms with E-state index in [0.29, 0.717) is 11.7 Å². The molecular weight excluding hydrogens is 561 g/mol. The van der Waals surface area contributed by atoms with E-state index in [1.54, 1.807) is 21.3 Å². The molecule has 0 amide bonds. The van der Waals surface area contributed by atoms with Crippen LogP contribution in [0.3, 0.4) is 0 Å². The predicted octanol–water partition coefficient (Wildman–Crippen LogP) is 6.50. The minimum atomic E-state index is -2.51. The molecule has 0 aliphatic heterocycles. The number of methoxy groups -OCH3 is 3. The Kier molecular flexibility index (Phi) is 11.1. The molecule has 0 fully saturated rings. The van der Waals surface area contributed by atoms with Gasteiger partial charge in [-0.25, -0.2) is 0 Å². The van der Waals surface area contributed by atoms with Gasteiger partial charge in [0, 0.05) is 22.0 Å². The number of benzene rings is 3. The Hall–Kier alpha value is -3.02. The maximum Gasteiger partial charge on any atom is 0.166 e. The van der Waals surface area contributed by atoms with E-state index in [4.69, 9.17) is 31.2 Å². The van der Waals surface area contributed by atoms with Crippen LogP contribution in [0, 0.1) is 10.8 Å². The molecule has 2 N–H and O–H groups in total. The summed E-state index contributed by atoms with van der Waals surface area (Å²) < 4.78 is 22.3. The van der Waals surface area contributed by atoms with E-state index < -0.39 is 7.05 Å². The minimum absolute atomic E-state index is 0.0150. The highest BCUT2D eigenvalue weighted by atomic mass is 32.1. The summed E-state index contributed by atoms with van der Waals surface area (Å²) in [5.41, 5.74) is -0.0410. The van der Waals surface area contributed by atoms with E-state index in [9.17, 15) is 0 Å². The molecule has 3 rings (SSSR count). The van der Waals surface area contributed by atoms with E-state index >= 15 is 0 Å². The van der Waals surface area contributed by atoms with Gasteiger partial charge in [0.05, 0.1) is 41.0 Å². The number of hydrogen-bond acceptors (Lipinski definition) is 5. The van der Waals surface area contributed by atoms with Crippen LogP contribution >= 0.6 is 19.3 Å². The molecule has 42 heavy (non-hydrogen) atoms. The van der Waals surface area contributed by atoms with Crippen molar-refractivity contribution in [3.8, 4) is 17.2 Å². The molecule has 0 aliphatic carbocycles. The van der Waals surface area contributed by atoms with Crippen molar-refractivity contribution in [3.63, 3.8) is 0 Å². The predicted molar refractivity (Wildman–Crippen MR) is 183 cm³/mol. The zero-order valence-corrected chi connectivity index (χ0v) is 28.5. The zero-order chi connectivity index (χ0) is 31.1. The molecule has 0 saturated carbocycles. The number of ether oxygens (including phenoxy) is 3. The second-order valence-electron chi connectivity index (χ2n) is 12.7. The van der Waals surface area contributed by atoms with Crippen molar-refractivity contribution in [2.24, 2.45) is 15.6 Å². The number of nitrogens with one attached hydrogen (secondary N) is 2. The molecular formula is C34H48N3O3PS. The quantitative estimate of drug-likeness (QED) is 0.202. The van der Waals surface area contributed by atoms with E-state index in [1.807, 2.05) is 36.4 Å². The van der Waals surface area contributed by atoms with Crippen molar-refractivity contribution >= 4 is 40.3 Å². The maximum absolute atomic E-state index is 5.82. The third-order valence-electron chi connectivity index (χ3n) is 7.81. The summed E-state index contributed by atoms with van der Waals surface area (Å²) in [5.74, 6) is 2.42. The van der Waals surface area contributed by atoms with Crippen LogP contribution in [0.15, 0.2) is 77.5 Å². The van der Waals surface area contributed by atoms with E-state index in [0.717, 1.165) is 33.2 Å². The summed E-state index contributed by atoms with van der Waals surface area (Å²) in [7, 11) is 2.55. The first-order valence-electron chi connectivity index (χ1n) is 14.3. The van der Waals surface area contributed by atoms with Gasteiger partial charge in [-0.1, -0.05) is 41.5 Å². The second kappa shape index (κ2) is 14.0. The summed E-state index contributed by atoms with van der Waals surface area (Å²) >= 11 is 5.82. The first-order chi connectivity index (χ1) is 19.7. The molecule has 2 atom stereocenters. The first kappa shape index (κ1) is 33.5. The zero-order valence-electron chi connectivity index (χ0n) is 26.8. The Morgan fingerprint density at radius 3 is 1.31 bits per heavy atom. The van der Waals surface area contributed by atoms with Crippen LogP contribution in [0.5, 0.6) is 17.2 Å². The fourth-order valence-corrected chi connectivity index (χ4v) is 8.29. The van der Waals surface area contributed by atoms with Crippen molar-refractivity contribution < 1.29 is 14.2 Å². The number of nitrogens with zero attached hydrogens (tertiary/aromatic N) is 1. The SMILES string of the molecule is COc1ccc(P(=NC[C@@H](NC(=S)N[C@H](C)C(C)(C)C)C(C)(C)C)(c2ccc(OC)cc2)c2ccc(OC)cc2)cc1. The lowest BCUT2D eigenvalue weighted by molar-refractivity contribution is 0.291. The molecule has 0 spiro atoms. The van der Waals surface area contributed by atoms with E-state index in [2.05, 4.69) is 95.5 Å². The summed E-state index contributed by atoms with van der Waals surface area (Å²) in [6, 6.07) is 25.1. The highest BCUT2D eigenvalue weighted by Crippen LogP contribution is 2.47. The lowest BCUT2D eigenvalue weighted by Crippen LogP contribution is -2.53. The highest BCUT2D eigenvalue weighted by molar-refractivity contribution is 7.87. The Labute approximate surface area is 258 Å². The van der Waals surface area contributed by atoms with Gasteiger partial charge in [0.25, 0.3) is 0 Å². The number of rotatable bonds is 10. The van der Waals surface area contributed by atoms with Gasteiger partial charge < -0.3 is 24.8 Å². The van der Waals surface area contributed by atoms with Gasteiger partial charge in [-0.15, -0.1) is 0 Å². The largest absolute Gasteiger partial charge is 0.497 e. The van der Waals surface area contributed by atoms with Crippen LogP contribution < -0.4 is 40.8 Å². The molecule has 0 saturated heterocycles. The smallest absolute Gasteiger partial charge is 0.166 e. The Morgan fingerprint density at radius 2 is 1.02 bits per heavy atom. The summed E-state index contributed by atoms with van der Waals surface area (Å²) in [5, 5.41) is 11.2. The molecule has 0 heterocycles. The third kappa shape index (κ3) is 8.08. The fourth-order valence-electron chi connectivity index (χ4n) is 4.44. The van der Waals surface area contributed by atoms with Gasteiger partial charge in [-0.3, -0.25) is 4.74 Å².